The predicted molar refractivity (Wildman–Crippen MR) is 103 cm³/mol. The molecule has 0 saturated carbocycles. The summed E-state index contributed by atoms with van der Waals surface area (Å²) in [6, 6.07) is 13.3. The van der Waals surface area contributed by atoms with E-state index in [0.29, 0.717) is 16.3 Å². The van der Waals surface area contributed by atoms with Crippen LogP contribution in [0, 0.1) is 6.92 Å². The van der Waals surface area contributed by atoms with Crippen molar-refractivity contribution in [2.45, 2.75) is 19.9 Å². The lowest BCUT2D eigenvalue weighted by atomic mass is 10.1. The van der Waals surface area contributed by atoms with Crippen molar-refractivity contribution in [2.24, 2.45) is 0 Å². The van der Waals surface area contributed by atoms with Gasteiger partial charge in [0.05, 0.1) is 11.2 Å². The third-order valence-electron chi connectivity index (χ3n) is 4.08. The molecule has 5 nitrogen and oxygen atoms in total. The standard InChI is InChI=1S/C20H18ClN3O2/c1-12-5-10-17(16-4-3-11-22-18(12)16)24-19(25)13(2)23-20(26)14-6-8-15(21)9-7-14/h3-11,13H,1-2H3,(H,23,26)(H,24,25). The van der Waals surface area contributed by atoms with Crippen LogP contribution in [0.15, 0.2) is 54.7 Å². The molecular formula is C20H18ClN3O2. The number of carbonyl (C=O) groups excluding carboxylic acids is 2. The molecule has 1 heterocycles. The van der Waals surface area contributed by atoms with Crippen LogP contribution in [0.5, 0.6) is 0 Å². The highest BCUT2D eigenvalue weighted by Crippen LogP contribution is 2.24. The Labute approximate surface area is 156 Å². The second-order valence-corrected chi connectivity index (χ2v) is 6.46. The number of halogens is 1. The van der Waals surface area contributed by atoms with Crippen LogP contribution in [0.25, 0.3) is 10.9 Å². The summed E-state index contributed by atoms with van der Waals surface area (Å²) in [4.78, 5) is 29.1. The molecule has 0 radical (unpaired) electrons. The van der Waals surface area contributed by atoms with Crippen LogP contribution in [0.3, 0.4) is 0 Å². The van der Waals surface area contributed by atoms with E-state index in [2.05, 4.69) is 15.6 Å². The first-order valence-corrected chi connectivity index (χ1v) is 8.55. The Bertz CT molecular complexity index is 970. The summed E-state index contributed by atoms with van der Waals surface area (Å²) in [5.74, 6) is -0.638. The Kier molecular flexibility index (Phi) is 5.19. The lowest BCUT2D eigenvalue weighted by Gasteiger charge is -2.16. The van der Waals surface area contributed by atoms with E-state index >= 15 is 0 Å². The van der Waals surface area contributed by atoms with Crippen molar-refractivity contribution in [3.05, 3.63) is 70.9 Å². The molecular weight excluding hydrogens is 350 g/mol. The van der Waals surface area contributed by atoms with Crippen molar-refractivity contribution in [3.63, 3.8) is 0 Å². The van der Waals surface area contributed by atoms with E-state index in [1.54, 1.807) is 37.4 Å². The molecule has 132 valence electrons. The summed E-state index contributed by atoms with van der Waals surface area (Å²) < 4.78 is 0. The Morgan fingerprint density at radius 3 is 2.54 bits per heavy atom. The van der Waals surface area contributed by atoms with Gasteiger partial charge in [0.1, 0.15) is 6.04 Å². The number of carbonyl (C=O) groups is 2. The number of rotatable bonds is 4. The van der Waals surface area contributed by atoms with E-state index in [9.17, 15) is 9.59 Å². The highest BCUT2D eigenvalue weighted by atomic mass is 35.5. The molecule has 3 rings (SSSR count). The van der Waals surface area contributed by atoms with Crippen LogP contribution in [-0.2, 0) is 4.79 Å². The van der Waals surface area contributed by atoms with Crippen molar-refractivity contribution >= 4 is 40.0 Å². The van der Waals surface area contributed by atoms with Gasteiger partial charge in [0.2, 0.25) is 5.91 Å². The number of benzene rings is 2. The number of nitrogens with one attached hydrogen (secondary N) is 2. The number of pyridine rings is 1. The zero-order valence-corrected chi connectivity index (χ0v) is 15.2. The van der Waals surface area contributed by atoms with E-state index in [1.807, 2.05) is 31.2 Å². The van der Waals surface area contributed by atoms with Gasteiger partial charge in [-0.25, -0.2) is 0 Å². The summed E-state index contributed by atoms with van der Waals surface area (Å²) in [5.41, 5.74) is 2.97. The average Bonchev–Trinajstić information content (AvgIpc) is 2.64. The van der Waals surface area contributed by atoms with Crippen LogP contribution >= 0.6 is 11.6 Å². The number of nitrogens with zero attached hydrogens (tertiary/aromatic N) is 1. The number of aryl methyl sites for hydroxylation is 1. The molecule has 6 heteroatoms. The Morgan fingerprint density at radius 2 is 1.81 bits per heavy atom. The zero-order valence-electron chi connectivity index (χ0n) is 14.4. The van der Waals surface area contributed by atoms with Crippen molar-refractivity contribution in [1.82, 2.24) is 10.3 Å². The van der Waals surface area contributed by atoms with Crippen molar-refractivity contribution in [2.75, 3.05) is 5.32 Å². The third-order valence-corrected chi connectivity index (χ3v) is 4.33. The molecule has 1 aromatic heterocycles. The fourth-order valence-electron chi connectivity index (χ4n) is 2.61. The summed E-state index contributed by atoms with van der Waals surface area (Å²) in [6.07, 6.45) is 1.72. The molecule has 1 atom stereocenters. The molecule has 0 saturated heterocycles. The molecule has 0 spiro atoms. The number of amides is 2. The minimum atomic E-state index is -0.703. The van der Waals surface area contributed by atoms with Crippen molar-refractivity contribution < 1.29 is 9.59 Å². The fraction of sp³-hybridized carbons (Fsp3) is 0.150. The first-order valence-electron chi connectivity index (χ1n) is 8.17. The number of hydrogen-bond acceptors (Lipinski definition) is 3. The maximum atomic E-state index is 12.5. The van der Waals surface area contributed by atoms with Gasteiger partial charge in [-0.2, -0.15) is 0 Å². The maximum Gasteiger partial charge on any atom is 0.251 e. The van der Waals surface area contributed by atoms with Crippen molar-refractivity contribution in [3.8, 4) is 0 Å². The second kappa shape index (κ2) is 7.54. The predicted octanol–water partition coefficient (Wildman–Crippen LogP) is 3.95. The molecule has 1 unspecified atom stereocenters. The fourth-order valence-corrected chi connectivity index (χ4v) is 2.74. The van der Waals surface area contributed by atoms with Gasteiger partial charge in [0.25, 0.3) is 5.91 Å². The largest absolute Gasteiger partial charge is 0.341 e. The third kappa shape index (κ3) is 3.83. The molecule has 0 aliphatic heterocycles. The van der Waals surface area contributed by atoms with Crippen LogP contribution in [-0.4, -0.2) is 22.8 Å². The SMILES string of the molecule is Cc1ccc(NC(=O)C(C)NC(=O)c2ccc(Cl)cc2)c2cccnc12. The first kappa shape index (κ1) is 17.9. The van der Waals surface area contributed by atoms with Gasteiger partial charge in [-0.3, -0.25) is 14.6 Å². The molecule has 2 aromatic carbocycles. The van der Waals surface area contributed by atoms with Gasteiger partial charge >= 0.3 is 0 Å². The average molecular weight is 368 g/mol. The normalized spacial score (nSPS) is 11.8. The monoisotopic (exact) mass is 367 g/mol. The lowest BCUT2D eigenvalue weighted by Crippen LogP contribution is -2.41. The van der Waals surface area contributed by atoms with Gasteiger partial charge in [-0.1, -0.05) is 17.7 Å². The Morgan fingerprint density at radius 1 is 1.08 bits per heavy atom. The van der Waals surface area contributed by atoms with Crippen molar-refractivity contribution in [1.29, 1.82) is 0 Å². The highest BCUT2D eigenvalue weighted by molar-refractivity contribution is 6.30. The number of hydrogen-bond donors (Lipinski definition) is 2. The molecule has 26 heavy (non-hydrogen) atoms. The molecule has 0 fully saturated rings. The molecule has 3 aromatic rings. The zero-order chi connectivity index (χ0) is 18.7. The van der Waals surface area contributed by atoms with Crippen LogP contribution < -0.4 is 10.6 Å². The smallest absolute Gasteiger partial charge is 0.251 e. The van der Waals surface area contributed by atoms with E-state index in [1.165, 1.54) is 0 Å². The second-order valence-electron chi connectivity index (χ2n) is 6.02. The molecule has 2 amide bonds. The van der Waals surface area contributed by atoms with Gasteiger partial charge < -0.3 is 10.6 Å². The minimum absolute atomic E-state index is 0.304. The van der Waals surface area contributed by atoms with Crippen LogP contribution in [0.1, 0.15) is 22.8 Å². The summed E-state index contributed by atoms with van der Waals surface area (Å²) in [6.45, 7) is 3.60. The van der Waals surface area contributed by atoms with Crippen LogP contribution in [0.4, 0.5) is 5.69 Å². The number of anilines is 1. The van der Waals surface area contributed by atoms with Gasteiger partial charge in [-0.15, -0.1) is 0 Å². The van der Waals surface area contributed by atoms with E-state index in [0.717, 1.165) is 16.5 Å². The minimum Gasteiger partial charge on any atom is -0.341 e. The summed E-state index contributed by atoms with van der Waals surface area (Å²) in [5, 5.41) is 6.96. The molecule has 0 bridgehead atoms. The molecule has 2 N–H and O–H groups in total. The van der Waals surface area contributed by atoms with E-state index in [4.69, 9.17) is 11.6 Å². The summed E-state index contributed by atoms with van der Waals surface area (Å²) in [7, 11) is 0. The molecule has 0 aliphatic carbocycles. The van der Waals surface area contributed by atoms with Crippen LogP contribution in [0.2, 0.25) is 5.02 Å². The van der Waals surface area contributed by atoms with E-state index < -0.39 is 6.04 Å². The molecule has 0 aliphatic rings. The number of aromatic nitrogens is 1. The van der Waals surface area contributed by atoms with Gasteiger partial charge in [-0.05, 0) is 61.9 Å². The summed E-state index contributed by atoms with van der Waals surface area (Å²) >= 11 is 5.82. The Balaban J connectivity index is 1.73. The Hall–Kier alpha value is -2.92. The topological polar surface area (TPSA) is 71.1 Å². The quantitative estimate of drug-likeness (QED) is 0.733. The van der Waals surface area contributed by atoms with Gasteiger partial charge in [0.15, 0.2) is 0 Å². The first-order chi connectivity index (χ1) is 12.5. The lowest BCUT2D eigenvalue weighted by molar-refractivity contribution is -0.117. The van der Waals surface area contributed by atoms with Gasteiger partial charge in [0, 0.05) is 22.2 Å². The highest BCUT2D eigenvalue weighted by Gasteiger charge is 2.18. The number of fused-ring (bicyclic) bond motifs is 1. The van der Waals surface area contributed by atoms with E-state index in [-0.39, 0.29) is 11.8 Å². The maximum absolute atomic E-state index is 12.5.